The van der Waals surface area contributed by atoms with Crippen LogP contribution in [0.25, 0.3) is 10.2 Å². The topological polar surface area (TPSA) is 37.0 Å². The molecule has 1 aliphatic heterocycles. The molecule has 0 spiro atoms. The molecule has 3 rings (SSSR count). The first kappa shape index (κ1) is 13.4. The van der Waals surface area contributed by atoms with Gasteiger partial charge in [-0.15, -0.1) is 11.3 Å². The van der Waals surface area contributed by atoms with E-state index in [1.807, 2.05) is 23.7 Å². The summed E-state index contributed by atoms with van der Waals surface area (Å²) >= 11 is 1.68. The molecule has 3 nitrogen and oxygen atoms in total. The molecule has 1 fully saturated rings. The molecule has 0 saturated carbocycles. The Labute approximate surface area is 107 Å². The van der Waals surface area contributed by atoms with Crippen LogP contribution in [0.2, 0.25) is 0 Å². The summed E-state index contributed by atoms with van der Waals surface area (Å²) in [6.45, 7) is 4.56. The van der Waals surface area contributed by atoms with Gasteiger partial charge in [0.25, 0.3) is 0 Å². The smallest absolute Gasteiger partial charge is 0.0812 e. The molecule has 2 N–H and O–H groups in total. The molecular formula is C11H17N3S2. The number of hydrogen-bond donors (Lipinski definition) is 2. The highest BCUT2D eigenvalue weighted by Crippen LogP contribution is 2.15. The third-order valence-corrected chi connectivity index (χ3v) is 3.00. The van der Waals surface area contributed by atoms with Gasteiger partial charge in [-0.1, -0.05) is 12.1 Å². The zero-order valence-corrected chi connectivity index (χ0v) is 10.9. The standard InChI is InChI=1S/C7H5NS.C4H10N2.H2S/c1-2-4-7-6(3-1)8-5-9-7;1-2-6-4-3-5-1;/h1-5H;5-6H,1-4H2;1H2. The molecule has 0 radical (unpaired) electrons. The van der Waals surface area contributed by atoms with Gasteiger partial charge in [-0.05, 0) is 12.1 Å². The van der Waals surface area contributed by atoms with Crippen LogP contribution in [-0.4, -0.2) is 31.2 Å². The number of piperazine rings is 1. The molecule has 1 saturated heterocycles. The molecular weight excluding hydrogens is 238 g/mol. The van der Waals surface area contributed by atoms with E-state index in [0.717, 1.165) is 31.7 Å². The number of hydrogen-bond acceptors (Lipinski definition) is 4. The van der Waals surface area contributed by atoms with Crippen molar-refractivity contribution in [3.8, 4) is 0 Å². The number of benzene rings is 1. The van der Waals surface area contributed by atoms with E-state index < -0.39 is 0 Å². The van der Waals surface area contributed by atoms with Gasteiger partial charge in [0.1, 0.15) is 0 Å². The summed E-state index contributed by atoms with van der Waals surface area (Å²) in [5.74, 6) is 0. The van der Waals surface area contributed by atoms with Gasteiger partial charge < -0.3 is 10.6 Å². The Bertz CT molecular complexity index is 357. The van der Waals surface area contributed by atoms with Gasteiger partial charge in [0.2, 0.25) is 0 Å². The normalized spacial score (nSPS) is 14.8. The summed E-state index contributed by atoms with van der Waals surface area (Å²) in [4.78, 5) is 4.14. The Morgan fingerprint density at radius 3 is 2.19 bits per heavy atom. The minimum Gasteiger partial charge on any atom is -0.314 e. The van der Waals surface area contributed by atoms with Crippen molar-refractivity contribution in [1.29, 1.82) is 0 Å². The molecule has 0 aliphatic carbocycles. The SMILES string of the molecule is C1CNCCN1.S.c1ccc2scnc2c1. The second-order valence-corrected chi connectivity index (χ2v) is 4.21. The number of thiazole rings is 1. The van der Waals surface area contributed by atoms with Crippen LogP contribution >= 0.6 is 24.8 Å². The minimum atomic E-state index is 0. The monoisotopic (exact) mass is 255 g/mol. The van der Waals surface area contributed by atoms with Crippen molar-refractivity contribution in [2.45, 2.75) is 0 Å². The Hall–Kier alpha value is -0.620. The van der Waals surface area contributed by atoms with Crippen LogP contribution in [0, 0.1) is 0 Å². The van der Waals surface area contributed by atoms with Crippen molar-refractivity contribution in [3.63, 3.8) is 0 Å². The second kappa shape index (κ2) is 7.62. The average molecular weight is 255 g/mol. The summed E-state index contributed by atoms with van der Waals surface area (Å²) in [5.41, 5.74) is 2.97. The number of fused-ring (bicyclic) bond motifs is 1. The number of nitrogens with zero attached hydrogens (tertiary/aromatic N) is 1. The minimum absolute atomic E-state index is 0. The molecule has 2 aromatic rings. The molecule has 0 amide bonds. The lowest BCUT2D eigenvalue weighted by molar-refractivity contribution is 0.534. The highest BCUT2D eigenvalue weighted by Gasteiger charge is 1.91. The van der Waals surface area contributed by atoms with Crippen molar-refractivity contribution in [2.24, 2.45) is 0 Å². The van der Waals surface area contributed by atoms with E-state index in [1.54, 1.807) is 11.3 Å². The number of rotatable bonds is 0. The van der Waals surface area contributed by atoms with Gasteiger partial charge in [0, 0.05) is 26.2 Å². The van der Waals surface area contributed by atoms with Gasteiger partial charge in [0.05, 0.1) is 15.7 Å². The lowest BCUT2D eigenvalue weighted by Crippen LogP contribution is -2.39. The third kappa shape index (κ3) is 4.09. The fourth-order valence-electron chi connectivity index (χ4n) is 1.41. The van der Waals surface area contributed by atoms with Crippen LogP contribution in [0.1, 0.15) is 0 Å². The predicted molar refractivity (Wildman–Crippen MR) is 75.7 cm³/mol. The highest BCUT2D eigenvalue weighted by atomic mass is 32.1. The molecule has 0 unspecified atom stereocenters. The number of aromatic nitrogens is 1. The summed E-state index contributed by atoms with van der Waals surface area (Å²) < 4.78 is 1.26. The largest absolute Gasteiger partial charge is 0.314 e. The van der Waals surface area contributed by atoms with Crippen LogP contribution in [0.15, 0.2) is 29.8 Å². The molecule has 16 heavy (non-hydrogen) atoms. The van der Waals surface area contributed by atoms with Crippen LogP contribution < -0.4 is 10.6 Å². The van der Waals surface area contributed by atoms with Crippen molar-refractivity contribution in [3.05, 3.63) is 29.8 Å². The van der Waals surface area contributed by atoms with Crippen molar-refractivity contribution in [2.75, 3.05) is 26.2 Å². The van der Waals surface area contributed by atoms with Crippen LogP contribution in [-0.2, 0) is 0 Å². The second-order valence-electron chi connectivity index (χ2n) is 3.32. The summed E-state index contributed by atoms with van der Waals surface area (Å²) in [5, 5.41) is 6.44. The van der Waals surface area contributed by atoms with Crippen molar-refractivity contribution in [1.82, 2.24) is 15.6 Å². The van der Waals surface area contributed by atoms with E-state index in [2.05, 4.69) is 21.7 Å². The average Bonchev–Trinajstić information content (AvgIpc) is 2.80. The Kier molecular flexibility index (Phi) is 6.40. The molecule has 0 bridgehead atoms. The fraction of sp³-hybridized carbons (Fsp3) is 0.364. The Morgan fingerprint density at radius 1 is 1.00 bits per heavy atom. The maximum Gasteiger partial charge on any atom is 0.0812 e. The van der Waals surface area contributed by atoms with Crippen LogP contribution in [0.5, 0.6) is 0 Å². The highest BCUT2D eigenvalue weighted by molar-refractivity contribution is 7.59. The third-order valence-electron chi connectivity index (χ3n) is 2.19. The molecule has 0 atom stereocenters. The van der Waals surface area contributed by atoms with Crippen LogP contribution in [0.3, 0.4) is 0 Å². The van der Waals surface area contributed by atoms with Crippen LogP contribution in [0.4, 0.5) is 0 Å². The zero-order valence-electron chi connectivity index (χ0n) is 9.07. The van der Waals surface area contributed by atoms with Gasteiger partial charge in [-0.2, -0.15) is 13.5 Å². The Morgan fingerprint density at radius 2 is 1.62 bits per heavy atom. The van der Waals surface area contributed by atoms with E-state index in [-0.39, 0.29) is 13.5 Å². The quantitative estimate of drug-likeness (QED) is 0.750. The summed E-state index contributed by atoms with van der Waals surface area (Å²) in [7, 11) is 0. The molecule has 1 aliphatic rings. The van der Waals surface area contributed by atoms with E-state index in [9.17, 15) is 0 Å². The van der Waals surface area contributed by atoms with E-state index in [0.29, 0.717) is 0 Å². The first-order valence-corrected chi connectivity index (χ1v) is 6.04. The molecule has 1 aromatic carbocycles. The fourth-order valence-corrected chi connectivity index (χ4v) is 2.09. The molecule has 88 valence electrons. The number of nitrogens with one attached hydrogen (secondary N) is 2. The zero-order chi connectivity index (χ0) is 10.3. The lowest BCUT2D eigenvalue weighted by atomic mass is 10.3. The predicted octanol–water partition coefficient (Wildman–Crippen LogP) is 1.59. The van der Waals surface area contributed by atoms with E-state index in [4.69, 9.17) is 0 Å². The van der Waals surface area contributed by atoms with E-state index in [1.165, 1.54) is 4.70 Å². The maximum absolute atomic E-state index is 4.14. The first-order chi connectivity index (χ1) is 7.47. The maximum atomic E-state index is 4.14. The summed E-state index contributed by atoms with van der Waals surface area (Å²) in [6.07, 6.45) is 0. The van der Waals surface area contributed by atoms with E-state index >= 15 is 0 Å². The Balaban J connectivity index is 0.000000162. The summed E-state index contributed by atoms with van der Waals surface area (Å²) in [6, 6.07) is 8.13. The lowest BCUT2D eigenvalue weighted by Gasteiger charge is -2.11. The molecule has 5 heteroatoms. The molecule has 1 aromatic heterocycles. The number of para-hydroxylation sites is 1. The van der Waals surface area contributed by atoms with Gasteiger partial charge in [0.15, 0.2) is 0 Å². The van der Waals surface area contributed by atoms with Crippen molar-refractivity contribution < 1.29 is 0 Å². The van der Waals surface area contributed by atoms with Gasteiger partial charge >= 0.3 is 0 Å². The first-order valence-electron chi connectivity index (χ1n) is 5.16. The van der Waals surface area contributed by atoms with Gasteiger partial charge in [-0.3, -0.25) is 0 Å². The molecule has 2 heterocycles. The van der Waals surface area contributed by atoms with Crippen molar-refractivity contribution >= 4 is 35.0 Å². The van der Waals surface area contributed by atoms with Gasteiger partial charge in [-0.25, -0.2) is 4.98 Å².